The molecule has 1 aromatic heterocycles. The lowest BCUT2D eigenvalue weighted by molar-refractivity contribution is 1.03. The number of pyridine rings is 1. The monoisotopic (exact) mass is 173 g/mol. The van der Waals surface area contributed by atoms with Crippen molar-refractivity contribution in [2.45, 2.75) is 13.5 Å². The first-order valence-corrected chi connectivity index (χ1v) is 3.15. The highest BCUT2D eigenvalue weighted by Crippen LogP contribution is 2.07. The first-order chi connectivity index (χ1) is 4.74. The van der Waals surface area contributed by atoms with Crippen LogP contribution in [0.25, 0.3) is 0 Å². The molecule has 0 atom stereocenters. The molecule has 0 radical (unpaired) electrons. The van der Waals surface area contributed by atoms with E-state index in [-0.39, 0.29) is 12.4 Å². The van der Waals surface area contributed by atoms with Gasteiger partial charge in [-0.1, -0.05) is 0 Å². The molecule has 4 heteroatoms. The van der Waals surface area contributed by atoms with E-state index in [0.29, 0.717) is 12.4 Å². The molecular formula is C7H12ClN3. The predicted octanol–water partition coefficient (Wildman–Crippen LogP) is 0.853. The van der Waals surface area contributed by atoms with Crippen LogP contribution >= 0.6 is 12.4 Å². The Morgan fingerprint density at radius 3 is 2.64 bits per heavy atom. The minimum absolute atomic E-state index is 0. The minimum Gasteiger partial charge on any atom is -0.384 e. The van der Waals surface area contributed by atoms with Crippen LogP contribution in [0.15, 0.2) is 12.3 Å². The van der Waals surface area contributed by atoms with Crippen LogP contribution in [0.5, 0.6) is 0 Å². The minimum atomic E-state index is 0. The number of nitrogens with zero attached hydrogens (tertiary/aromatic N) is 1. The first-order valence-electron chi connectivity index (χ1n) is 3.15. The molecular weight excluding hydrogens is 162 g/mol. The molecule has 0 bridgehead atoms. The molecule has 4 N–H and O–H groups in total. The second kappa shape index (κ2) is 4.16. The average Bonchev–Trinajstić information content (AvgIpc) is 1.88. The molecule has 0 aliphatic rings. The van der Waals surface area contributed by atoms with Gasteiger partial charge < -0.3 is 11.5 Å². The second-order valence-corrected chi connectivity index (χ2v) is 2.24. The molecule has 1 heterocycles. The van der Waals surface area contributed by atoms with E-state index in [1.165, 1.54) is 0 Å². The third-order valence-electron chi connectivity index (χ3n) is 1.46. The third kappa shape index (κ3) is 2.37. The molecule has 11 heavy (non-hydrogen) atoms. The smallest absolute Gasteiger partial charge is 0.123 e. The molecule has 0 aliphatic heterocycles. The van der Waals surface area contributed by atoms with Gasteiger partial charge in [-0.25, -0.2) is 4.98 Å². The molecule has 0 spiro atoms. The second-order valence-electron chi connectivity index (χ2n) is 2.24. The van der Waals surface area contributed by atoms with E-state index in [2.05, 4.69) is 4.98 Å². The number of anilines is 1. The Kier molecular flexibility index (Phi) is 3.85. The fourth-order valence-electron chi connectivity index (χ4n) is 0.820. The van der Waals surface area contributed by atoms with Crippen molar-refractivity contribution in [1.82, 2.24) is 4.98 Å². The molecule has 0 fully saturated rings. The van der Waals surface area contributed by atoms with Gasteiger partial charge in [0.25, 0.3) is 0 Å². The van der Waals surface area contributed by atoms with Crippen molar-refractivity contribution in [2.24, 2.45) is 5.73 Å². The Hall–Kier alpha value is -0.800. The maximum absolute atomic E-state index is 5.43. The average molecular weight is 174 g/mol. The van der Waals surface area contributed by atoms with E-state index >= 15 is 0 Å². The highest BCUT2D eigenvalue weighted by Gasteiger charge is 1.95. The summed E-state index contributed by atoms with van der Waals surface area (Å²) < 4.78 is 0. The standard InChI is InChI=1S/C7H11N3.ClH/c1-5-2-7(9)10-4-6(5)3-8;/h2,4H,3,8H2,1H3,(H2,9,10);1H. The van der Waals surface area contributed by atoms with Gasteiger partial charge in [0.15, 0.2) is 0 Å². The number of rotatable bonds is 1. The van der Waals surface area contributed by atoms with E-state index in [1.54, 1.807) is 6.20 Å². The molecule has 3 nitrogen and oxygen atoms in total. The summed E-state index contributed by atoms with van der Waals surface area (Å²) in [5.74, 6) is 0.551. The van der Waals surface area contributed by atoms with Crippen LogP contribution in [0.4, 0.5) is 5.82 Å². The Balaban J connectivity index is 0.000001000. The van der Waals surface area contributed by atoms with Gasteiger partial charge in [0.2, 0.25) is 0 Å². The Bertz CT molecular complexity index is 237. The summed E-state index contributed by atoms with van der Waals surface area (Å²) >= 11 is 0. The van der Waals surface area contributed by atoms with Crippen LogP contribution in [0.2, 0.25) is 0 Å². The molecule has 1 rings (SSSR count). The van der Waals surface area contributed by atoms with E-state index in [9.17, 15) is 0 Å². The number of nitrogens with two attached hydrogens (primary N) is 2. The molecule has 1 aromatic rings. The number of aryl methyl sites for hydroxylation is 1. The van der Waals surface area contributed by atoms with Crippen molar-refractivity contribution in [1.29, 1.82) is 0 Å². The maximum atomic E-state index is 5.43. The van der Waals surface area contributed by atoms with Crippen LogP contribution in [0.1, 0.15) is 11.1 Å². The molecule has 0 amide bonds. The quantitative estimate of drug-likeness (QED) is 0.662. The lowest BCUT2D eigenvalue weighted by Gasteiger charge is -2.01. The van der Waals surface area contributed by atoms with E-state index in [1.807, 2.05) is 13.0 Å². The van der Waals surface area contributed by atoms with E-state index < -0.39 is 0 Å². The summed E-state index contributed by atoms with van der Waals surface area (Å²) in [4.78, 5) is 3.91. The van der Waals surface area contributed by atoms with Gasteiger partial charge in [0, 0.05) is 12.7 Å². The molecule has 0 saturated heterocycles. The van der Waals surface area contributed by atoms with Crippen LogP contribution in [-0.2, 0) is 6.54 Å². The fraction of sp³-hybridized carbons (Fsp3) is 0.286. The highest BCUT2D eigenvalue weighted by atomic mass is 35.5. The van der Waals surface area contributed by atoms with Gasteiger partial charge in [-0.15, -0.1) is 12.4 Å². The van der Waals surface area contributed by atoms with Gasteiger partial charge in [-0.3, -0.25) is 0 Å². The summed E-state index contributed by atoms with van der Waals surface area (Å²) in [5, 5.41) is 0. The number of hydrogen-bond acceptors (Lipinski definition) is 3. The summed E-state index contributed by atoms with van der Waals surface area (Å²) in [6, 6.07) is 1.82. The number of halogens is 1. The summed E-state index contributed by atoms with van der Waals surface area (Å²) in [6.45, 7) is 2.50. The van der Waals surface area contributed by atoms with Crippen LogP contribution in [0, 0.1) is 6.92 Å². The number of aromatic nitrogens is 1. The van der Waals surface area contributed by atoms with Gasteiger partial charge in [-0.05, 0) is 24.1 Å². The van der Waals surface area contributed by atoms with Gasteiger partial charge >= 0.3 is 0 Å². The predicted molar refractivity (Wildman–Crippen MR) is 48.5 cm³/mol. The Labute approximate surface area is 72.2 Å². The van der Waals surface area contributed by atoms with Gasteiger partial charge in [0.05, 0.1) is 0 Å². The lowest BCUT2D eigenvalue weighted by atomic mass is 10.1. The lowest BCUT2D eigenvalue weighted by Crippen LogP contribution is -2.01. The largest absolute Gasteiger partial charge is 0.384 e. The van der Waals surface area contributed by atoms with Gasteiger partial charge in [-0.2, -0.15) is 0 Å². The Morgan fingerprint density at radius 2 is 2.18 bits per heavy atom. The van der Waals surface area contributed by atoms with Crippen LogP contribution < -0.4 is 11.5 Å². The zero-order valence-electron chi connectivity index (χ0n) is 6.37. The molecule has 0 saturated carbocycles. The van der Waals surface area contributed by atoms with Gasteiger partial charge in [0.1, 0.15) is 5.82 Å². The highest BCUT2D eigenvalue weighted by molar-refractivity contribution is 5.85. The van der Waals surface area contributed by atoms with Crippen molar-refractivity contribution in [3.05, 3.63) is 23.4 Å². The normalized spacial score (nSPS) is 8.91. The fourth-order valence-corrected chi connectivity index (χ4v) is 0.820. The molecule has 0 aliphatic carbocycles. The topological polar surface area (TPSA) is 64.9 Å². The van der Waals surface area contributed by atoms with Crippen molar-refractivity contribution in [3.8, 4) is 0 Å². The van der Waals surface area contributed by atoms with Crippen molar-refractivity contribution in [3.63, 3.8) is 0 Å². The summed E-state index contributed by atoms with van der Waals surface area (Å²) in [5.41, 5.74) is 13.0. The zero-order valence-corrected chi connectivity index (χ0v) is 7.19. The third-order valence-corrected chi connectivity index (χ3v) is 1.46. The summed E-state index contributed by atoms with van der Waals surface area (Å²) in [6.07, 6.45) is 1.71. The van der Waals surface area contributed by atoms with E-state index in [0.717, 1.165) is 11.1 Å². The maximum Gasteiger partial charge on any atom is 0.123 e. The number of nitrogen functional groups attached to an aromatic ring is 1. The molecule has 62 valence electrons. The van der Waals surface area contributed by atoms with Crippen molar-refractivity contribution < 1.29 is 0 Å². The molecule has 0 aromatic carbocycles. The van der Waals surface area contributed by atoms with Crippen LogP contribution in [0.3, 0.4) is 0 Å². The van der Waals surface area contributed by atoms with Crippen LogP contribution in [-0.4, -0.2) is 4.98 Å². The van der Waals surface area contributed by atoms with Crippen molar-refractivity contribution in [2.75, 3.05) is 5.73 Å². The SMILES string of the molecule is Cc1cc(N)ncc1CN.Cl. The first kappa shape index (κ1) is 10.2. The number of hydrogen-bond donors (Lipinski definition) is 2. The summed E-state index contributed by atoms with van der Waals surface area (Å²) in [7, 11) is 0. The Morgan fingerprint density at radius 1 is 1.55 bits per heavy atom. The van der Waals surface area contributed by atoms with E-state index in [4.69, 9.17) is 11.5 Å². The van der Waals surface area contributed by atoms with Crippen molar-refractivity contribution >= 4 is 18.2 Å². The molecule has 0 unspecified atom stereocenters. The zero-order chi connectivity index (χ0) is 7.56.